The van der Waals surface area contributed by atoms with Crippen LogP contribution in [0.15, 0.2) is 35.5 Å². The van der Waals surface area contributed by atoms with E-state index in [4.69, 9.17) is 9.73 Å². The highest BCUT2D eigenvalue weighted by atomic mass is 127. The van der Waals surface area contributed by atoms with Crippen LogP contribution in [0.3, 0.4) is 0 Å². The summed E-state index contributed by atoms with van der Waals surface area (Å²) in [6, 6.07) is 8.36. The molecule has 1 aromatic carbocycles. The molecule has 0 radical (unpaired) electrons. The molecule has 2 aromatic rings. The molecule has 2 heterocycles. The smallest absolute Gasteiger partial charge is 0.191 e. The van der Waals surface area contributed by atoms with Gasteiger partial charge >= 0.3 is 0 Å². The number of thiazole rings is 1. The first kappa shape index (κ1) is 26.7. The van der Waals surface area contributed by atoms with E-state index in [1.54, 1.807) is 18.4 Å². The molecule has 1 aliphatic heterocycles. The molecule has 0 spiro atoms. The number of aromatic nitrogens is 1. The molecule has 0 bridgehead atoms. The highest BCUT2D eigenvalue weighted by Gasteiger charge is 2.16. The summed E-state index contributed by atoms with van der Waals surface area (Å²) < 4.78 is 5.25. The van der Waals surface area contributed by atoms with Gasteiger partial charge in [0.1, 0.15) is 5.75 Å². The van der Waals surface area contributed by atoms with Crippen molar-refractivity contribution in [1.82, 2.24) is 20.5 Å². The van der Waals surface area contributed by atoms with E-state index in [-0.39, 0.29) is 24.0 Å². The molecule has 0 atom stereocenters. The Bertz CT molecular complexity index is 805. The lowest BCUT2D eigenvalue weighted by atomic mass is 10.2. The fourth-order valence-electron chi connectivity index (χ4n) is 3.65. The second-order valence-corrected chi connectivity index (χ2v) is 9.00. The summed E-state index contributed by atoms with van der Waals surface area (Å²) in [5, 5.41) is 7.94. The van der Waals surface area contributed by atoms with Crippen LogP contribution in [0, 0.1) is 6.92 Å². The van der Waals surface area contributed by atoms with E-state index < -0.39 is 0 Å². The summed E-state index contributed by atoms with van der Waals surface area (Å²) in [6.07, 6.45) is 3.95. The van der Waals surface area contributed by atoms with Crippen molar-refractivity contribution in [3.8, 4) is 5.75 Å². The number of anilines is 1. The van der Waals surface area contributed by atoms with Crippen molar-refractivity contribution in [1.29, 1.82) is 0 Å². The Hall–Kier alpha value is -1.59. The molecule has 9 heteroatoms. The number of hydrogen-bond acceptors (Lipinski definition) is 6. The van der Waals surface area contributed by atoms with Gasteiger partial charge in [0.25, 0.3) is 0 Å². The molecule has 3 rings (SSSR count). The molecule has 0 aliphatic carbocycles. The average Bonchev–Trinajstić information content (AvgIpc) is 3.22. The number of halogens is 1. The van der Waals surface area contributed by atoms with Crippen LogP contribution in [0.4, 0.5) is 5.69 Å². The van der Waals surface area contributed by atoms with Gasteiger partial charge in [0.2, 0.25) is 0 Å². The van der Waals surface area contributed by atoms with Gasteiger partial charge in [0.05, 0.1) is 12.1 Å². The number of nitrogens with one attached hydrogen (secondary N) is 2. The summed E-state index contributed by atoms with van der Waals surface area (Å²) in [5.74, 6) is 1.81. The van der Waals surface area contributed by atoms with Crippen LogP contribution < -0.4 is 20.3 Å². The number of methoxy groups -OCH3 is 1. The van der Waals surface area contributed by atoms with Crippen molar-refractivity contribution in [2.75, 3.05) is 64.4 Å². The van der Waals surface area contributed by atoms with Crippen LogP contribution in [0.1, 0.15) is 23.2 Å². The van der Waals surface area contributed by atoms with Crippen molar-refractivity contribution >= 4 is 47.0 Å². The fourth-order valence-corrected chi connectivity index (χ4v) is 4.44. The molecule has 32 heavy (non-hydrogen) atoms. The SMILES string of the molecule is CCNC(=NCCCN1CCN(c2ccc(OC)cc2)CC1)NCCc1ncc(C)s1.I. The van der Waals surface area contributed by atoms with E-state index in [0.717, 1.165) is 76.9 Å². The first-order valence-corrected chi connectivity index (χ1v) is 12.0. The number of guanidine groups is 1. The van der Waals surface area contributed by atoms with Crippen LogP contribution in [-0.2, 0) is 6.42 Å². The Labute approximate surface area is 213 Å². The summed E-state index contributed by atoms with van der Waals surface area (Å²) >= 11 is 1.76. The van der Waals surface area contributed by atoms with E-state index >= 15 is 0 Å². The predicted molar refractivity (Wildman–Crippen MR) is 146 cm³/mol. The van der Waals surface area contributed by atoms with E-state index in [2.05, 4.69) is 51.4 Å². The van der Waals surface area contributed by atoms with Crippen molar-refractivity contribution in [2.24, 2.45) is 4.99 Å². The number of ether oxygens (including phenoxy) is 1. The zero-order chi connectivity index (χ0) is 21.9. The summed E-state index contributed by atoms with van der Waals surface area (Å²) in [4.78, 5) is 15.4. The fraction of sp³-hybridized carbons (Fsp3) is 0.565. The molecule has 0 saturated carbocycles. The molecule has 0 unspecified atom stereocenters. The third-order valence-electron chi connectivity index (χ3n) is 5.36. The molecule has 1 saturated heterocycles. The van der Waals surface area contributed by atoms with Gasteiger partial charge in [-0.05, 0) is 44.5 Å². The summed E-state index contributed by atoms with van der Waals surface area (Å²) in [6.45, 7) is 12.2. The number of rotatable bonds is 10. The van der Waals surface area contributed by atoms with E-state index in [0.29, 0.717) is 0 Å². The van der Waals surface area contributed by atoms with Gasteiger partial charge in [-0.3, -0.25) is 9.89 Å². The Morgan fingerprint density at radius 1 is 1.16 bits per heavy atom. The van der Waals surface area contributed by atoms with E-state index in [1.807, 2.05) is 18.3 Å². The quantitative estimate of drug-likeness (QED) is 0.197. The maximum absolute atomic E-state index is 5.25. The van der Waals surface area contributed by atoms with Gasteiger partial charge < -0.3 is 20.3 Å². The van der Waals surface area contributed by atoms with Gasteiger partial charge in [0.15, 0.2) is 5.96 Å². The third kappa shape index (κ3) is 8.74. The lowest BCUT2D eigenvalue weighted by Gasteiger charge is -2.36. The lowest BCUT2D eigenvalue weighted by Crippen LogP contribution is -2.46. The average molecular weight is 573 g/mol. The highest BCUT2D eigenvalue weighted by molar-refractivity contribution is 14.0. The number of hydrogen-bond donors (Lipinski definition) is 2. The molecule has 1 fully saturated rings. The highest BCUT2D eigenvalue weighted by Crippen LogP contribution is 2.20. The van der Waals surface area contributed by atoms with Crippen LogP contribution in [-0.4, -0.2) is 75.3 Å². The monoisotopic (exact) mass is 572 g/mol. The van der Waals surface area contributed by atoms with Gasteiger partial charge in [-0.25, -0.2) is 4.98 Å². The van der Waals surface area contributed by atoms with Gasteiger partial charge in [-0.2, -0.15) is 0 Å². The van der Waals surface area contributed by atoms with Crippen molar-refractivity contribution < 1.29 is 4.74 Å². The van der Waals surface area contributed by atoms with Crippen LogP contribution >= 0.6 is 35.3 Å². The molecular weight excluding hydrogens is 535 g/mol. The summed E-state index contributed by atoms with van der Waals surface area (Å²) in [5.41, 5.74) is 1.28. The largest absolute Gasteiger partial charge is 0.497 e. The Morgan fingerprint density at radius 3 is 2.53 bits per heavy atom. The first-order valence-electron chi connectivity index (χ1n) is 11.2. The number of aryl methyl sites for hydroxylation is 1. The number of piperazine rings is 1. The zero-order valence-corrected chi connectivity index (χ0v) is 22.6. The van der Waals surface area contributed by atoms with Gasteiger partial charge in [-0.1, -0.05) is 0 Å². The lowest BCUT2D eigenvalue weighted by molar-refractivity contribution is 0.256. The third-order valence-corrected chi connectivity index (χ3v) is 6.33. The normalized spacial score (nSPS) is 14.7. The zero-order valence-electron chi connectivity index (χ0n) is 19.5. The minimum absolute atomic E-state index is 0. The number of benzene rings is 1. The molecule has 1 aliphatic rings. The predicted octanol–water partition coefficient (Wildman–Crippen LogP) is 3.39. The maximum atomic E-state index is 5.25. The Morgan fingerprint density at radius 2 is 1.91 bits per heavy atom. The topological polar surface area (TPSA) is 65.0 Å². The molecule has 2 N–H and O–H groups in total. The van der Waals surface area contributed by atoms with Crippen LogP contribution in [0.25, 0.3) is 0 Å². The molecule has 178 valence electrons. The Kier molecular flexibility index (Phi) is 12.1. The van der Waals surface area contributed by atoms with Gasteiger partial charge in [0, 0.05) is 75.5 Å². The van der Waals surface area contributed by atoms with Crippen molar-refractivity contribution in [3.63, 3.8) is 0 Å². The molecular formula is C23H37IN6OS. The van der Waals surface area contributed by atoms with Crippen LogP contribution in [0.2, 0.25) is 0 Å². The first-order chi connectivity index (χ1) is 15.2. The molecule has 0 amide bonds. The number of nitrogens with zero attached hydrogens (tertiary/aromatic N) is 4. The maximum Gasteiger partial charge on any atom is 0.191 e. The van der Waals surface area contributed by atoms with E-state index in [9.17, 15) is 0 Å². The second kappa shape index (κ2) is 14.5. The molecule has 7 nitrogen and oxygen atoms in total. The second-order valence-electron chi connectivity index (χ2n) is 7.68. The minimum atomic E-state index is 0. The Balaban J connectivity index is 0.00000363. The van der Waals surface area contributed by atoms with Crippen LogP contribution in [0.5, 0.6) is 5.75 Å². The number of aliphatic imine (C=N–C) groups is 1. The van der Waals surface area contributed by atoms with Crippen molar-refractivity contribution in [2.45, 2.75) is 26.7 Å². The van der Waals surface area contributed by atoms with Crippen molar-refractivity contribution in [3.05, 3.63) is 40.3 Å². The van der Waals surface area contributed by atoms with Gasteiger partial charge in [-0.15, -0.1) is 35.3 Å². The molecule has 1 aromatic heterocycles. The van der Waals surface area contributed by atoms with E-state index in [1.165, 1.54) is 15.6 Å². The standard InChI is InChI=1S/C23H36N6OS.HI/c1-4-24-23(26-12-10-22-27-18-19(2)31-22)25-11-5-13-28-14-16-29(17-15-28)20-6-8-21(30-3)9-7-20;/h6-9,18H,4-5,10-17H2,1-3H3,(H2,24,25,26);1H. The minimum Gasteiger partial charge on any atom is -0.497 e. The summed E-state index contributed by atoms with van der Waals surface area (Å²) in [7, 11) is 1.71.